The number of piperidine rings is 1. The molecule has 2 atom stereocenters. The van der Waals surface area contributed by atoms with Crippen LogP contribution in [0.3, 0.4) is 0 Å². The van der Waals surface area contributed by atoms with Gasteiger partial charge in [0, 0.05) is 20.0 Å². The van der Waals surface area contributed by atoms with Crippen LogP contribution in [0.15, 0.2) is 4.42 Å². The van der Waals surface area contributed by atoms with E-state index in [2.05, 4.69) is 22.0 Å². The van der Waals surface area contributed by atoms with E-state index in [1.807, 2.05) is 0 Å². The third-order valence-corrected chi connectivity index (χ3v) is 2.87. The Morgan fingerprint density at radius 3 is 2.93 bits per heavy atom. The summed E-state index contributed by atoms with van der Waals surface area (Å²) in [4.78, 5) is 2.24. The van der Waals surface area contributed by atoms with Gasteiger partial charge in [0.25, 0.3) is 0 Å². The monoisotopic (exact) mass is 211 g/mol. The minimum Gasteiger partial charge on any atom is -0.424 e. The highest BCUT2D eigenvalue weighted by Gasteiger charge is 2.24. The molecule has 1 saturated heterocycles. The smallest absolute Gasteiger partial charge is 0.230 e. The van der Waals surface area contributed by atoms with E-state index in [4.69, 9.17) is 4.42 Å². The van der Waals surface area contributed by atoms with Gasteiger partial charge in [0.1, 0.15) is 0 Å². The van der Waals surface area contributed by atoms with Crippen LogP contribution in [0.1, 0.15) is 25.1 Å². The Bertz CT molecular complexity index is 326. The Morgan fingerprint density at radius 2 is 2.33 bits per heavy atom. The largest absolute Gasteiger partial charge is 0.424 e. The summed E-state index contributed by atoms with van der Waals surface area (Å²) in [7, 11) is 0. The molecule has 1 aliphatic rings. The van der Waals surface area contributed by atoms with Crippen LogP contribution in [0.5, 0.6) is 0 Å². The van der Waals surface area contributed by atoms with Gasteiger partial charge in [-0.2, -0.15) is 0 Å². The summed E-state index contributed by atoms with van der Waals surface area (Å²) < 4.78 is 5.32. The first-order valence-corrected chi connectivity index (χ1v) is 5.34. The van der Waals surface area contributed by atoms with Crippen molar-refractivity contribution < 1.29 is 9.52 Å². The molecular formula is C10H17N3O2. The molecule has 0 aromatic carbocycles. The molecule has 2 heterocycles. The molecule has 0 amide bonds. The van der Waals surface area contributed by atoms with Gasteiger partial charge in [0.15, 0.2) is 0 Å². The minimum atomic E-state index is -0.161. The molecule has 0 radical (unpaired) electrons. The van der Waals surface area contributed by atoms with Crippen LogP contribution in [-0.4, -0.2) is 39.4 Å². The van der Waals surface area contributed by atoms with Crippen molar-refractivity contribution in [2.75, 3.05) is 13.1 Å². The lowest BCUT2D eigenvalue weighted by Crippen LogP contribution is -2.41. The molecule has 5 nitrogen and oxygen atoms in total. The summed E-state index contributed by atoms with van der Waals surface area (Å²) in [5.74, 6) is 1.59. The van der Waals surface area contributed by atoms with Crippen molar-refractivity contribution in [1.82, 2.24) is 15.1 Å². The number of aromatic nitrogens is 2. The fourth-order valence-electron chi connectivity index (χ4n) is 1.96. The van der Waals surface area contributed by atoms with E-state index in [0.29, 0.717) is 24.2 Å². The molecule has 84 valence electrons. The van der Waals surface area contributed by atoms with Gasteiger partial charge in [-0.05, 0) is 12.3 Å². The van der Waals surface area contributed by atoms with Gasteiger partial charge in [0.2, 0.25) is 11.8 Å². The standard InChI is InChI=1S/C10H17N3O2/c1-7-5-13(4-3-9(7)14)6-10-12-11-8(2)15-10/h7,9,14H,3-6H2,1-2H3. The Kier molecular flexibility index (Phi) is 3.02. The van der Waals surface area contributed by atoms with E-state index in [0.717, 1.165) is 19.5 Å². The number of rotatable bonds is 2. The van der Waals surface area contributed by atoms with Crippen LogP contribution < -0.4 is 0 Å². The van der Waals surface area contributed by atoms with Gasteiger partial charge in [-0.25, -0.2) is 0 Å². The molecule has 5 heteroatoms. The zero-order valence-corrected chi connectivity index (χ0v) is 9.18. The molecule has 1 N–H and O–H groups in total. The molecule has 2 rings (SSSR count). The molecule has 1 fully saturated rings. The Morgan fingerprint density at radius 1 is 1.53 bits per heavy atom. The van der Waals surface area contributed by atoms with Crippen molar-refractivity contribution >= 4 is 0 Å². The highest BCUT2D eigenvalue weighted by atomic mass is 16.4. The van der Waals surface area contributed by atoms with Gasteiger partial charge in [-0.1, -0.05) is 6.92 Å². The van der Waals surface area contributed by atoms with Crippen molar-refractivity contribution in [3.05, 3.63) is 11.8 Å². The number of aliphatic hydroxyl groups excluding tert-OH is 1. The third-order valence-electron chi connectivity index (χ3n) is 2.87. The zero-order valence-electron chi connectivity index (χ0n) is 9.18. The van der Waals surface area contributed by atoms with Crippen LogP contribution >= 0.6 is 0 Å². The lowest BCUT2D eigenvalue weighted by molar-refractivity contribution is 0.0288. The van der Waals surface area contributed by atoms with Gasteiger partial charge in [-0.15, -0.1) is 10.2 Å². The third kappa shape index (κ3) is 2.54. The predicted octanol–water partition coefficient (Wildman–Crippen LogP) is 0.581. The molecule has 0 saturated carbocycles. The second-order valence-electron chi connectivity index (χ2n) is 4.28. The van der Waals surface area contributed by atoms with Gasteiger partial charge in [0.05, 0.1) is 12.6 Å². The SMILES string of the molecule is Cc1nnc(CN2CCC(O)C(C)C2)o1. The van der Waals surface area contributed by atoms with Crippen molar-refractivity contribution in [1.29, 1.82) is 0 Å². The number of aryl methyl sites for hydroxylation is 1. The molecule has 1 aromatic heterocycles. The van der Waals surface area contributed by atoms with Gasteiger partial charge in [-0.3, -0.25) is 4.90 Å². The first-order chi connectivity index (χ1) is 7.15. The van der Waals surface area contributed by atoms with Crippen molar-refractivity contribution in [3.8, 4) is 0 Å². The van der Waals surface area contributed by atoms with E-state index in [1.54, 1.807) is 6.92 Å². The van der Waals surface area contributed by atoms with Gasteiger partial charge < -0.3 is 9.52 Å². The number of hydrogen-bond donors (Lipinski definition) is 1. The van der Waals surface area contributed by atoms with Gasteiger partial charge >= 0.3 is 0 Å². The predicted molar refractivity (Wildman–Crippen MR) is 54.1 cm³/mol. The quantitative estimate of drug-likeness (QED) is 0.775. The average Bonchev–Trinajstić information content (AvgIpc) is 2.58. The Balaban J connectivity index is 1.90. The lowest BCUT2D eigenvalue weighted by Gasteiger charge is -2.33. The number of hydrogen-bond acceptors (Lipinski definition) is 5. The molecule has 2 unspecified atom stereocenters. The van der Waals surface area contributed by atoms with Crippen molar-refractivity contribution in [2.45, 2.75) is 32.9 Å². The second-order valence-corrected chi connectivity index (χ2v) is 4.28. The van der Waals surface area contributed by atoms with Crippen molar-refractivity contribution in [2.24, 2.45) is 5.92 Å². The molecule has 0 spiro atoms. The van der Waals surface area contributed by atoms with E-state index < -0.39 is 0 Å². The molecule has 1 aromatic rings. The minimum absolute atomic E-state index is 0.161. The maximum atomic E-state index is 9.59. The first kappa shape index (κ1) is 10.6. The van der Waals surface area contributed by atoms with E-state index in [1.165, 1.54) is 0 Å². The lowest BCUT2D eigenvalue weighted by atomic mass is 9.97. The topological polar surface area (TPSA) is 62.4 Å². The van der Waals surface area contributed by atoms with Crippen LogP contribution in [0.4, 0.5) is 0 Å². The highest BCUT2D eigenvalue weighted by Crippen LogP contribution is 2.18. The Hall–Kier alpha value is -0.940. The van der Waals surface area contributed by atoms with Crippen LogP contribution in [0, 0.1) is 12.8 Å². The summed E-state index contributed by atoms with van der Waals surface area (Å²) in [6.45, 7) is 6.34. The molecular weight excluding hydrogens is 194 g/mol. The maximum Gasteiger partial charge on any atom is 0.230 e. The van der Waals surface area contributed by atoms with Crippen molar-refractivity contribution in [3.63, 3.8) is 0 Å². The van der Waals surface area contributed by atoms with Crippen LogP contribution in [0.2, 0.25) is 0 Å². The number of nitrogens with zero attached hydrogens (tertiary/aromatic N) is 3. The van der Waals surface area contributed by atoms with E-state index in [-0.39, 0.29) is 6.10 Å². The fourth-order valence-corrected chi connectivity index (χ4v) is 1.96. The highest BCUT2D eigenvalue weighted by molar-refractivity contribution is 4.83. The normalized spacial score (nSPS) is 28.2. The number of likely N-dealkylation sites (tertiary alicyclic amines) is 1. The second kappa shape index (κ2) is 4.28. The van der Waals surface area contributed by atoms with E-state index >= 15 is 0 Å². The summed E-state index contributed by atoms with van der Waals surface area (Å²) in [6.07, 6.45) is 0.666. The fraction of sp³-hybridized carbons (Fsp3) is 0.800. The summed E-state index contributed by atoms with van der Waals surface area (Å²) in [5.41, 5.74) is 0. The summed E-state index contributed by atoms with van der Waals surface area (Å²) in [5, 5.41) is 17.3. The molecule has 15 heavy (non-hydrogen) atoms. The summed E-state index contributed by atoms with van der Waals surface area (Å²) in [6, 6.07) is 0. The maximum absolute atomic E-state index is 9.59. The average molecular weight is 211 g/mol. The molecule has 1 aliphatic heterocycles. The zero-order chi connectivity index (χ0) is 10.8. The first-order valence-electron chi connectivity index (χ1n) is 5.34. The van der Waals surface area contributed by atoms with Crippen LogP contribution in [0.25, 0.3) is 0 Å². The molecule has 0 bridgehead atoms. The van der Waals surface area contributed by atoms with Crippen LogP contribution in [-0.2, 0) is 6.54 Å². The Labute approximate surface area is 89.1 Å². The van der Waals surface area contributed by atoms with E-state index in [9.17, 15) is 5.11 Å². The number of aliphatic hydroxyl groups is 1. The molecule has 0 aliphatic carbocycles. The summed E-state index contributed by atoms with van der Waals surface area (Å²) >= 11 is 0.